The maximum absolute atomic E-state index is 12.1. The van der Waals surface area contributed by atoms with Gasteiger partial charge in [0.05, 0.1) is 18.9 Å². The fourth-order valence-corrected chi connectivity index (χ4v) is 2.95. The van der Waals surface area contributed by atoms with Crippen LogP contribution in [-0.2, 0) is 4.79 Å². The van der Waals surface area contributed by atoms with Gasteiger partial charge in [0.1, 0.15) is 18.1 Å². The summed E-state index contributed by atoms with van der Waals surface area (Å²) in [4.78, 5) is 13.1. The molecule has 0 radical (unpaired) electrons. The van der Waals surface area contributed by atoms with E-state index in [1.165, 1.54) is 11.8 Å². The Balaban J connectivity index is 1.69. The van der Waals surface area contributed by atoms with Gasteiger partial charge in [-0.15, -0.1) is 11.8 Å². The highest BCUT2D eigenvalue weighted by molar-refractivity contribution is 8.00. The molecule has 24 heavy (non-hydrogen) atoms. The summed E-state index contributed by atoms with van der Waals surface area (Å²) < 4.78 is 10.7. The van der Waals surface area contributed by atoms with E-state index in [0.717, 1.165) is 16.4 Å². The number of rotatable bonds is 8. The average Bonchev–Trinajstić information content (AvgIpc) is 2.61. The van der Waals surface area contributed by atoms with Crippen LogP contribution in [0.5, 0.6) is 11.5 Å². The van der Waals surface area contributed by atoms with Crippen molar-refractivity contribution in [1.29, 1.82) is 0 Å². The molecule has 0 bridgehead atoms. The molecule has 128 valence electrons. The summed E-state index contributed by atoms with van der Waals surface area (Å²) in [5.74, 6) is 1.51. The number of hydrogen-bond acceptors (Lipinski definition) is 4. The summed E-state index contributed by atoms with van der Waals surface area (Å²) in [5, 5.41) is 3.37. The molecule has 2 rings (SSSR count). The fourth-order valence-electron chi connectivity index (χ4n) is 1.93. The van der Waals surface area contributed by atoms with Gasteiger partial charge in [-0.3, -0.25) is 4.79 Å². The van der Waals surface area contributed by atoms with Gasteiger partial charge in [-0.1, -0.05) is 11.6 Å². The third kappa shape index (κ3) is 5.98. The molecule has 0 saturated carbocycles. The van der Waals surface area contributed by atoms with E-state index in [1.54, 1.807) is 7.11 Å². The molecule has 1 N–H and O–H groups in total. The van der Waals surface area contributed by atoms with E-state index in [1.807, 2.05) is 55.5 Å². The molecule has 0 aliphatic heterocycles. The monoisotopic (exact) mass is 365 g/mol. The first kappa shape index (κ1) is 18.5. The van der Waals surface area contributed by atoms with Crippen LogP contribution in [0.4, 0.5) is 0 Å². The second kappa shape index (κ2) is 9.45. The maximum Gasteiger partial charge on any atom is 0.233 e. The lowest BCUT2D eigenvalue weighted by Crippen LogP contribution is -2.33. The van der Waals surface area contributed by atoms with Crippen molar-refractivity contribution in [3.8, 4) is 11.5 Å². The minimum Gasteiger partial charge on any atom is -0.497 e. The Morgan fingerprint density at radius 1 is 1.12 bits per heavy atom. The SMILES string of the molecule is COc1ccc(OCCNC(=O)C(C)Sc2ccc(Cl)cc2)cc1. The molecule has 0 aliphatic carbocycles. The van der Waals surface area contributed by atoms with Crippen molar-refractivity contribution in [2.45, 2.75) is 17.1 Å². The van der Waals surface area contributed by atoms with Crippen LogP contribution < -0.4 is 14.8 Å². The number of nitrogens with one attached hydrogen (secondary N) is 1. The summed E-state index contributed by atoms with van der Waals surface area (Å²) in [6, 6.07) is 14.8. The van der Waals surface area contributed by atoms with E-state index in [9.17, 15) is 4.79 Å². The smallest absolute Gasteiger partial charge is 0.233 e. The predicted molar refractivity (Wildman–Crippen MR) is 98.3 cm³/mol. The molecule has 2 aromatic rings. The topological polar surface area (TPSA) is 47.6 Å². The van der Waals surface area contributed by atoms with Crippen molar-refractivity contribution in [2.75, 3.05) is 20.3 Å². The van der Waals surface area contributed by atoms with Crippen LogP contribution in [-0.4, -0.2) is 31.4 Å². The van der Waals surface area contributed by atoms with Crippen molar-refractivity contribution in [1.82, 2.24) is 5.32 Å². The van der Waals surface area contributed by atoms with Crippen LogP contribution in [0.25, 0.3) is 0 Å². The summed E-state index contributed by atoms with van der Waals surface area (Å²) in [6.45, 7) is 2.74. The van der Waals surface area contributed by atoms with E-state index in [0.29, 0.717) is 18.2 Å². The van der Waals surface area contributed by atoms with Crippen molar-refractivity contribution >= 4 is 29.3 Å². The van der Waals surface area contributed by atoms with Gasteiger partial charge in [-0.05, 0) is 55.5 Å². The van der Waals surface area contributed by atoms with Crippen LogP contribution in [0.15, 0.2) is 53.4 Å². The quantitative estimate of drug-likeness (QED) is 0.567. The second-order valence-corrected chi connectivity index (χ2v) is 6.88. The number of benzene rings is 2. The molecule has 4 nitrogen and oxygen atoms in total. The Kier molecular flexibility index (Phi) is 7.28. The minimum atomic E-state index is -0.188. The van der Waals surface area contributed by atoms with E-state index in [-0.39, 0.29) is 11.2 Å². The Morgan fingerprint density at radius 2 is 1.75 bits per heavy atom. The normalized spacial score (nSPS) is 11.6. The van der Waals surface area contributed by atoms with Crippen molar-refractivity contribution in [3.05, 3.63) is 53.6 Å². The summed E-state index contributed by atoms with van der Waals surface area (Å²) in [7, 11) is 1.62. The van der Waals surface area contributed by atoms with E-state index < -0.39 is 0 Å². The number of thioether (sulfide) groups is 1. The first-order chi connectivity index (χ1) is 11.6. The first-order valence-electron chi connectivity index (χ1n) is 7.55. The van der Waals surface area contributed by atoms with Crippen molar-refractivity contribution in [2.24, 2.45) is 0 Å². The van der Waals surface area contributed by atoms with Gasteiger partial charge >= 0.3 is 0 Å². The molecular weight excluding hydrogens is 346 g/mol. The highest BCUT2D eigenvalue weighted by atomic mass is 35.5. The zero-order valence-electron chi connectivity index (χ0n) is 13.6. The zero-order chi connectivity index (χ0) is 17.4. The zero-order valence-corrected chi connectivity index (χ0v) is 15.2. The van der Waals surface area contributed by atoms with Crippen LogP contribution >= 0.6 is 23.4 Å². The van der Waals surface area contributed by atoms with Gasteiger partial charge in [-0.2, -0.15) is 0 Å². The first-order valence-corrected chi connectivity index (χ1v) is 8.81. The van der Waals surface area contributed by atoms with Crippen LogP contribution in [0.2, 0.25) is 5.02 Å². The van der Waals surface area contributed by atoms with Crippen molar-refractivity contribution < 1.29 is 14.3 Å². The Morgan fingerprint density at radius 3 is 2.38 bits per heavy atom. The average molecular weight is 366 g/mol. The van der Waals surface area contributed by atoms with E-state index >= 15 is 0 Å². The number of amides is 1. The van der Waals surface area contributed by atoms with Gasteiger partial charge in [0.25, 0.3) is 0 Å². The van der Waals surface area contributed by atoms with Crippen LogP contribution in [0.3, 0.4) is 0 Å². The Hall–Kier alpha value is -1.85. The molecule has 0 aliphatic rings. The summed E-state index contributed by atoms with van der Waals surface area (Å²) in [6.07, 6.45) is 0. The lowest BCUT2D eigenvalue weighted by atomic mass is 10.3. The number of ether oxygens (including phenoxy) is 2. The van der Waals surface area contributed by atoms with Crippen molar-refractivity contribution in [3.63, 3.8) is 0 Å². The summed E-state index contributed by atoms with van der Waals surface area (Å²) >= 11 is 7.35. The van der Waals surface area contributed by atoms with Crippen LogP contribution in [0.1, 0.15) is 6.92 Å². The van der Waals surface area contributed by atoms with E-state index in [2.05, 4.69) is 5.32 Å². The highest BCUT2D eigenvalue weighted by Crippen LogP contribution is 2.24. The molecule has 0 fully saturated rings. The standard InChI is InChI=1S/C18H20ClNO3S/c1-13(24-17-9-3-14(19)4-10-17)18(21)20-11-12-23-16-7-5-15(22-2)6-8-16/h3-10,13H,11-12H2,1-2H3,(H,20,21). The van der Waals surface area contributed by atoms with Gasteiger partial charge in [-0.25, -0.2) is 0 Å². The number of halogens is 1. The number of carbonyl (C=O) groups is 1. The lowest BCUT2D eigenvalue weighted by molar-refractivity contribution is -0.120. The lowest BCUT2D eigenvalue weighted by Gasteiger charge is -2.12. The highest BCUT2D eigenvalue weighted by Gasteiger charge is 2.13. The maximum atomic E-state index is 12.1. The molecule has 0 aromatic heterocycles. The molecule has 1 amide bonds. The number of methoxy groups -OCH3 is 1. The molecule has 0 saturated heterocycles. The number of hydrogen-bond donors (Lipinski definition) is 1. The molecule has 2 aromatic carbocycles. The largest absolute Gasteiger partial charge is 0.497 e. The third-order valence-electron chi connectivity index (χ3n) is 3.23. The minimum absolute atomic E-state index is 0.0201. The van der Waals surface area contributed by atoms with Crippen LogP contribution in [0, 0.1) is 0 Å². The molecule has 6 heteroatoms. The molecular formula is C18H20ClNO3S. The van der Waals surface area contributed by atoms with Gasteiger partial charge in [0, 0.05) is 9.92 Å². The van der Waals surface area contributed by atoms with E-state index in [4.69, 9.17) is 21.1 Å². The van der Waals surface area contributed by atoms with Gasteiger partial charge in [0.2, 0.25) is 5.91 Å². The number of carbonyl (C=O) groups excluding carboxylic acids is 1. The van der Waals surface area contributed by atoms with Gasteiger partial charge < -0.3 is 14.8 Å². The second-order valence-electron chi connectivity index (χ2n) is 5.03. The molecule has 0 heterocycles. The summed E-state index contributed by atoms with van der Waals surface area (Å²) in [5.41, 5.74) is 0. The molecule has 1 unspecified atom stereocenters. The third-order valence-corrected chi connectivity index (χ3v) is 4.59. The van der Waals surface area contributed by atoms with Gasteiger partial charge in [0.15, 0.2) is 0 Å². The fraction of sp³-hybridized carbons (Fsp3) is 0.278. The molecule has 1 atom stereocenters. The predicted octanol–water partition coefficient (Wildman–Crippen LogP) is 4.02. The Bertz CT molecular complexity index is 646. The Labute approximate surface area is 151 Å². The molecule has 0 spiro atoms.